The molecule has 2 unspecified atom stereocenters. The third kappa shape index (κ3) is 7.77. The highest BCUT2D eigenvalue weighted by atomic mass is 127. The minimum absolute atomic E-state index is 0. The molecule has 0 spiro atoms. The second kappa shape index (κ2) is 12.4. The Hall–Kier alpha value is -1.35. The summed E-state index contributed by atoms with van der Waals surface area (Å²) in [5.41, 5.74) is 2.73. The zero-order chi connectivity index (χ0) is 19.8. The van der Waals surface area contributed by atoms with Crippen LogP contribution in [0.4, 0.5) is 5.82 Å². The number of aliphatic imine (C=N–C) groups is 1. The van der Waals surface area contributed by atoms with Gasteiger partial charge in [-0.2, -0.15) is 0 Å². The van der Waals surface area contributed by atoms with Gasteiger partial charge in [0.25, 0.3) is 0 Å². The summed E-state index contributed by atoms with van der Waals surface area (Å²) in [7, 11) is 1.82. The van der Waals surface area contributed by atoms with Crippen LogP contribution in [0.5, 0.6) is 0 Å². The molecule has 0 aromatic carbocycles. The first-order chi connectivity index (χ1) is 13.6. The molecule has 7 heteroatoms. The summed E-state index contributed by atoms with van der Waals surface area (Å²) in [5, 5.41) is 6.80. The lowest BCUT2D eigenvalue weighted by atomic mass is 9.97. The van der Waals surface area contributed by atoms with Crippen LogP contribution >= 0.6 is 24.0 Å². The van der Waals surface area contributed by atoms with Gasteiger partial charge in [0.1, 0.15) is 5.82 Å². The predicted molar refractivity (Wildman–Crippen MR) is 131 cm³/mol. The van der Waals surface area contributed by atoms with E-state index in [0.29, 0.717) is 6.54 Å². The molecule has 6 nitrogen and oxygen atoms in total. The molecular weight excluding hydrogens is 477 g/mol. The Balaban J connectivity index is 0.00000300. The number of guanidine groups is 1. The average molecular weight is 513 g/mol. The second-order valence-electron chi connectivity index (χ2n) is 7.90. The molecule has 0 saturated carbocycles. The topological polar surface area (TPSA) is 61.8 Å². The summed E-state index contributed by atoms with van der Waals surface area (Å²) in [6.07, 6.45) is 11.1. The lowest BCUT2D eigenvalue weighted by Crippen LogP contribution is -2.45. The zero-order valence-electron chi connectivity index (χ0n) is 18.0. The summed E-state index contributed by atoms with van der Waals surface area (Å²) in [5.74, 6) is 1.87. The van der Waals surface area contributed by atoms with E-state index in [9.17, 15) is 0 Å². The van der Waals surface area contributed by atoms with Crippen LogP contribution in [-0.2, 0) is 11.3 Å². The number of hydrogen-bond donors (Lipinski definition) is 2. The van der Waals surface area contributed by atoms with Gasteiger partial charge in [0, 0.05) is 39.4 Å². The largest absolute Gasteiger partial charge is 0.372 e. The standard InChI is InChI=1S/C22H35N5O.HI/c1-17-15-27(16-18(2)28-17)21-10-9-20(13-25-21)14-26-22(23-3)24-12-11-19-7-5-4-6-8-19;/h7,9-10,13,17-18H,4-6,8,11-12,14-16H2,1-3H3,(H2,23,24,26);1H. The Morgan fingerprint density at radius 1 is 1.21 bits per heavy atom. The van der Waals surface area contributed by atoms with Crippen LogP contribution in [0, 0.1) is 0 Å². The van der Waals surface area contributed by atoms with Crippen molar-refractivity contribution < 1.29 is 4.74 Å². The highest BCUT2D eigenvalue weighted by Crippen LogP contribution is 2.20. The van der Waals surface area contributed by atoms with E-state index in [4.69, 9.17) is 4.74 Å². The first kappa shape index (κ1) is 23.9. The van der Waals surface area contributed by atoms with E-state index < -0.39 is 0 Å². The maximum Gasteiger partial charge on any atom is 0.191 e. The summed E-state index contributed by atoms with van der Waals surface area (Å²) >= 11 is 0. The van der Waals surface area contributed by atoms with Gasteiger partial charge in [0.05, 0.1) is 12.2 Å². The molecule has 2 N–H and O–H groups in total. The van der Waals surface area contributed by atoms with Crippen molar-refractivity contribution in [2.24, 2.45) is 4.99 Å². The van der Waals surface area contributed by atoms with E-state index in [0.717, 1.165) is 43.4 Å². The molecular formula is C22H36IN5O. The van der Waals surface area contributed by atoms with Crippen LogP contribution in [0.25, 0.3) is 0 Å². The van der Waals surface area contributed by atoms with Crippen molar-refractivity contribution in [1.82, 2.24) is 15.6 Å². The third-order valence-corrected chi connectivity index (χ3v) is 5.36. The molecule has 2 heterocycles. The number of aromatic nitrogens is 1. The number of hydrogen-bond acceptors (Lipinski definition) is 4. The van der Waals surface area contributed by atoms with Crippen molar-refractivity contribution in [3.8, 4) is 0 Å². The maximum absolute atomic E-state index is 5.81. The van der Waals surface area contributed by atoms with Gasteiger partial charge in [-0.05, 0) is 57.6 Å². The summed E-state index contributed by atoms with van der Waals surface area (Å²) < 4.78 is 5.81. The molecule has 0 radical (unpaired) electrons. The van der Waals surface area contributed by atoms with Crippen molar-refractivity contribution in [1.29, 1.82) is 0 Å². The van der Waals surface area contributed by atoms with Crippen LogP contribution in [-0.4, -0.2) is 49.8 Å². The zero-order valence-corrected chi connectivity index (χ0v) is 20.3. The number of nitrogens with zero attached hydrogens (tertiary/aromatic N) is 3. The van der Waals surface area contributed by atoms with E-state index in [1.165, 1.54) is 25.7 Å². The minimum atomic E-state index is 0. The highest BCUT2D eigenvalue weighted by molar-refractivity contribution is 14.0. The molecule has 3 rings (SSSR count). The van der Waals surface area contributed by atoms with E-state index in [1.54, 1.807) is 5.57 Å². The Morgan fingerprint density at radius 2 is 2.00 bits per heavy atom. The van der Waals surface area contributed by atoms with Gasteiger partial charge < -0.3 is 20.3 Å². The van der Waals surface area contributed by atoms with E-state index in [-0.39, 0.29) is 36.2 Å². The summed E-state index contributed by atoms with van der Waals surface area (Å²) in [6, 6.07) is 4.24. The smallest absolute Gasteiger partial charge is 0.191 e. The number of rotatable bonds is 6. The van der Waals surface area contributed by atoms with Crippen LogP contribution in [0.15, 0.2) is 35.0 Å². The summed E-state index contributed by atoms with van der Waals surface area (Å²) in [6.45, 7) is 7.65. The van der Waals surface area contributed by atoms with Crippen molar-refractivity contribution >= 4 is 35.8 Å². The Bertz CT molecular complexity index is 666. The maximum atomic E-state index is 5.81. The number of anilines is 1. The second-order valence-corrected chi connectivity index (χ2v) is 7.90. The van der Waals surface area contributed by atoms with Crippen LogP contribution < -0.4 is 15.5 Å². The van der Waals surface area contributed by atoms with E-state index in [2.05, 4.69) is 57.6 Å². The number of halogens is 1. The molecule has 2 atom stereocenters. The molecule has 0 bridgehead atoms. The van der Waals surface area contributed by atoms with Crippen LogP contribution in [0.3, 0.4) is 0 Å². The number of pyridine rings is 1. The third-order valence-electron chi connectivity index (χ3n) is 5.36. The highest BCUT2D eigenvalue weighted by Gasteiger charge is 2.22. The molecule has 1 saturated heterocycles. The minimum Gasteiger partial charge on any atom is -0.372 e. The molecule has 1 fully saturated rings. The fourth-order valence-corrected chi connectivity index (χ4v) is 3.95. The lowest BCUT2D eigenvalue weighted by Gasteiger charge is -2.36. The van der Waals surface area contributed by atoms with E-state index >= 15 is 0 Å². The van der Waals surface area contributed by atoms with Gasteiger partial charge in [-0.1, -0.05) is 17.7 Å². The molecule has 1 aromatic rings. The quantitative estimate of drug-likeness (QED) is 0.262. The number of nitrogens with one attached hydrogen (secondary N) is 2. The van der Waals surface area contributed by atoms with Crippen molar-refractivity contribution in [3.05, 3.63) is 35.5 Å². The fraction of sp³-hybridized carbons (Fsp3) is 0.636. The van der Waals surface area contributed by atoms with Crippen molar-refractivity contribution in [2.45, 2.75) is 64.7 Å². The first-order valence-electron chi connectivity index (χ1n) is 10.6. The molecule has 2 aliphatic rings. The monoisotopic (exact) mass is 513 g/mol. The van der Waals surface area contributed by atoms with Crippen molar-refractivity contribution in [2.75, 3.05) is 31.6 Å². The molecule has 29 heavy (non-hydrogen) atoms. The van der Waals surface area contributed by atoms with Gasteiger partial charge in [-0.3, -0.25) is 4.99 Å². The van der Waals surface area contributed by atoms with Crippen LogP contribution in [0.1, 0.15) is 51.5 Å². The molecule has 1 aliphatic heterocycles. The normalized spacial score (nSPS) is 22.5. The Labute approximate surface area is 192 Å². The molecule has 1 aliphatic carbocycles. The van der Waals surface area contributed by atoms with Gasteiger partial charge in [-0.15, -0.1) is 24.0 Å². The Morgan fingerprint density at radius 3 is 2.62 bits per heavy atom. The Kier molecular flexibility index (Phi) is 10.2. The molecule has 1 aromatic heterocycles. The van der Waals surface area contributed by atoms with Gasteiger partial charge >= 0.3 is 0 Å². The van der Waals surface area contributed by atoms with Gasteiger partial charge in [-0.25, -0.2) is 4.98 Å². The SMILES string of the molecule is CN=C(NCCC1=CCCCC1)NCc1ccc(N2CC(C)OC(C)C2)nc1.I. The number of allylic oxidation sites excluding steroid dienone is 1. The lowest BCUT2D eigenvalue weighted by molar-refractivity contribution is -0.00545. The van der Waals surface area contributed by atoms with E-state index in [1.807, 2.05) is 13.2 Å². The molecule has 0 amide bonds. The molecule has 162 valence electrons. The number of ether oxygens (including phenoxy) is 1. The average Bonchev–Trinajstić information content (AvgIpc) is 2.71. The van der Waals surface area contributed by atoms with Gasteiger partial charge in [0.2, 0.25) is 0 Å². The predicted octanol–water partition coefficient (Wildman–Crippen LogP) is 3.87. The first-order valence-corrected chi connectivity index (χ1v) is 10.6. The van der Waals surface area contributed by atoms with Crippen LogP contribution in [0.2, 0.25) is 0 Å². The summed E-state index contributed by atoms with van der Waals surface area (Å²) in [4.78, 5) is 11.3. The fourth-order valence-electron chi connectivity index (χ4n) is 3.95. The van der Waals surface area contributed by atoms with Gasteiger partial charge in [0.15, 0.2) is 5.96 Å². The number of morpholine rings is 1. The van der Waals surface area contributed by atoms with Crippen molar-refractivity contribution in [3.63, 3.8) is 0 Å².